The van der Waals surface area contributed by atoms with Crippen LogP contribution in [-0.2, 0) is 22.8 Å². The Balaban J connectivity index is 1.32. The molecule has 0 spiro atoms. The van der Waals surface area contributed by atoms with Crippen LogP contribution in [0, 0.1) is 0 Å². The van der Waals surface area contributed by atoms with E-state index in [0.29, 0.717) is 18.7 Å². The van der Waals surface area contributed by atoms with Gasteiger partial charge >= 0.3 is 0 Å². The van der Waals surface area contributed by atoms with Gasteiger partial charge in [-0.1, -0.05) is 24.3 Å². The average molecular weight is 509 g/mol. The topological polar surface area (TPSA) is 84.9 Å². The van der Waals surface area contributed by atoms with Gasteiger partial charge < -0.3 is 19.7 Å². The van der Waals surface area contributed by atoms with E-state index >= 15 is 0 Å². The lowest BCUT2D eigenvalue weighted by Crippen LogP contribution is -2.34. The Bertz CT molecular complexity index is 1300. The van der Waals surface area contributed by atoms with Crippen molar-refractivity contribution in [1.29, 1.82) is 0 Å². The van der Waals surface area contributed by atoms with Crippen molar-refractivity contribution >= 4 is 21.4 Å². The number of sulfone groups is 1. The summed E-state index contributed by atoms with van der Waals surface area (Å²) in [7, 11) is -3.23. The molecule has 0 aliphatic carbocycles. The van der Waals surface area contributed by atoms with Gasteiger partial charge in [-0.3, -0.25) is 4.79 Å². The third-order valence-corrected chi connectivity index (χ3v) is 7.08. The number of carbonyl (C=O) groups is 1. The highest BCUT2D eigenvalue weighted by Gasteiger charge is 2.19. The first-order chi connectivity index (χ1) is 17.2. The second-order valence-corrected chi connectivity index (χ2v) is 11.2. The quantitative estimate of drug-likeness (QED) is 0.465. The van der Waals surface area contributed by atoms with Gasteiger partial charge in [0.05, 0.1) is 23.2 Å². The van der Waals surface area contributed by atoms with Crippen molar-refractivity contribution in [3.8, 4) is 11.5 Å². The van der Waals surface area contributed by atoms with Crippen LogP contribution < -0.4 is 19.7 Å². The van der Waals surface area contributed by atoms with Crippen LogP contribution in [0.4, 0.5) is 5.69 Å². The van der Waals surface area contributed by atoms with E-state index in [0.717, 1.165) is 47.8 Å². The molecule has 0 aromatic heterocycles. The number of anilines is 1. The van der Waals surface area contributed by atoms with Crippen molar-refractivity contribution < 1.29 is 22.7 Å². The summed E-state index contributed by atoms with van der Waals surface area (Å²) in [6, 6.07) is 20.1. The molecule has 3 aromatic carbocycles. The molecule has 8 heteroatoms. The monoisotopic (exact) mass is 508 g/mol. The minimum absolute atomic E-state index is 0.108. The van der Waals surface area contributed by atoms with Crippen LogP contribution in [0.3, 0.4) is 0 Å². The van der Waals surface area contributed by atoms with E-state index in [1.165, 1.54) is 6.26 Å². The standard InChI is InChI=1S/C28H32N2O5S/c1-20(2)35-24-10-13-27-26(18-24)30(16-17-34-27)15-14-21-4-8-23(9-5-21)28(31)29-19-22-6-11-25(12-7-22)36(3,32)33/h4-13,18,20H,14-17,19H2,1-3H3,(H,29,31). The highest BCUT2D eigenvalue weighted by molar-refractivity contribution is 7.90. The first-order valence-corrected chi connectivity index (χ1v) is 13.9. The van der Waals surface area contributed by atoms with Gasteiger partial charge in [0, 0.05) is 31.0 Å². The SMILES string of the molecule is CC(C)Oc1ccc2c(c1)N(CCc1ccc(C(=O)NCc3ccc(S(C)(=O)=O)cc3)cc1)CCO2. The molecule has 3 aromatic rings. The van der Waals surface area contributed by atoms with Crippen molar-refractivity contribution in [3.05, 3.63) is 83.4 Å². The van der Waals surface area contributed by atoms with Crippen LogP contribution >= 0.6 is 0 Å². The summed E-state index contributed by atoms with van der Waals surface area (Å²) < 4.78 is 34.8. The molecule has 1 N–H and O–H groups in total. The second-order valence-electron chi connectivity index (χ2n) is 9.18. The number of benzene rings is 3. The first kappa shape index (κ1) is 25.6. The van der Waals surface area contributed by atoms with Crippen LogP contribution in [0.15, 0.2) is 71.6 Å². The van der Waals surface area contributed by atoms with E-state index < -0.39 is 9.84 Å². The number of nitrogens with zero attached hydrogens (tertiary/aromatic N) is 1. The first-order valence-electron chi connectivity index (χ1n) is 12.0. The minimum Gasteiger partial charge on any atom is -0.491 e. The van der Waals surface area contributed by atoms with Crippen LogP contribution in [0.1, 0.15) is 35.3 Å². The predicted molar refractivity (Wildman–Crippen MR) is 141 cm³/mol. The molecule has 4 rings (SSSR count). The molecular weight excluding hydrogens is 476 g/mol. The van der Waals surface area contributed by atoms with Crippen LogP contribution in [0.25, 0.3) is 0 Å². The molecule has 0 radical (unpaired) electrons. The summed E-state index contributed by atoms with van der Waals surface area (Å²) >= 11 is 0. The Morgan fingerprint density at radius 1 is 1.03 bits per heavy atom. The molecule has 1 heterocycles. The highest BCUT2D eigenvalue weighted by atomic mass is 32.2. The Kier molecular flexibility index (Phi) is 7.84. The molecule has 190 valence electrons. The lowest BCUT2D eigenvalue weighted by molar-refractivity contribution is 0.0951. The molecule has 0 atom stereocenters. The normalized spacial score (nSPS) is 13.2. The fourth-order valence-corrected chi connectivity index (χ4v) is 4.69. The van der Waals surface area contributed by atoms with Crippen LogP contribution in [0.5, 0.6) is 11.5 Å². The van der Waals surface area contributed by atoms with E-state index in [9.17, 15) is 13.2 Å². The number of nitrogens with one attached hydrogen (secondary N) is 1. The average Bonchev–Trinajstić information content (AvgIpc) is 2.85. The molecule has 0 saturated carbocycles. The molecule has 0 bridgehead atoms. The van der Waals surface area contributed by atoms with Crippen molar-refractivity contribution in [2.75, 3.05) is 30.9 Å². The molecule has 1 amide bonds. The maximum Gasteiger partial charge on any atom is 0.251 e. The lowest BCUT2D eigenvalue weighted by Gasteiger charge is -2.31. The summed E-state index contributed by atoms with van der Waals surface area (Å²) in [6.45, 7) is 6.63. The maximum absolute atomic E-state index is 12.6. The van der Waals surface area contributed by atoms with E-state index in [-0.39, 0.29) is 16.9 Å². The van der Waals surface area contributed by atoms with Gasteiger partial charge in [-0.25, -0.2) is 8.42 Å². The summed E-state index contributed by atoms with van der Waals surface area (Å²) in [4.78, 5) is 15.1. The zero-order valence-electron chi connectivity index (χ0n) is 20.9. The van der Waals surface area contributed by atoms with E-state index in [2.05, 4.69) is 10.2 Å². The number of ether oxygens (including phenoxy) is 2. The second kappa shape index (κ2) is 11.0. The molecule has 0 saturated heterocycles. The smallest absolute Gasteiger partial charge is 0.251 e. The molecule has 0 fully saturated rings. The number of amides is 1. The Labute approximate surface area is 213 Å². The summed E-state index contributed by atoms with van der Waals surface area (Å²) in [5.74, 6) is 1.53. The van der Waals surface area contributed by atoms with Gasteiger partial charge in [0.1, 0.15) is 18.1 Å². The summed E-state index contributed by atoms with van der Waals surface area (Å²) in [5.41, 5.74) is 3.60. The molecule has 1 aliphatic heterocycles. The van der Waals surface area contributed by atoms with E-state index in [1.807, 2.05) is 56.3 Å². The van der Waals surface area contributed by atoms with Crippen molar-refractivity contribution in [1.82, 2.24) is 5.32 Å². The summed E-state index contributed by atoms with van der Waals surface area (Å²) in [6.07, 6.45) is 2.12. The van der Waals surface area contributed by atoms with E-state index in [4.69, 9.17) is 9.47 Å². The number of carbonyl (C=O) groups excluding carboxylic acids is 1. The number of fused-ring (bicyclic) bond motifs is 1. The van der Waals surface area contributed by atoms with Crippen molar-refractivity contribution in [2.24, 2.45) is 0 Å². The highest BCUT2D eigenvalue weighted by Crippen LogP contribution is 2.35. The fourth-order valence-electron chi connectivity index (χ4n) is 4.06. The minimum atomic E-state index is -3.23. The molecule has 36 heavy (non-hydrogen) atoms. The molecule has 0 unspecified atom stereocenters. The predicted octanol–water partition coefficient (Wildman–Crippen LogP) is 4.25. The Morgan fingerprint density at radius 3 is 2.39 bits per heavy atom. The fraction of sp³-hybridized carbons (Fsp3) is 0.321. The van der Waals surface area contributed by atoms with Gasteiger partial charge in [-0.15, -0.1) is 0 Å². The zero-order chi connectivity index (χ0) is 25.7. The van der Waals surface area contributed by atoms with Gasteiger partial charge in [-0.2, -0.15) is 0 Å². The van der Waals surface area contributed by atoms with Gasteiger partial charge in [0.15, 0.2) is 9.84 Å². The Morgan fingerprint density at radius 2 is 1.72 bits per heavy atom. The number of hydrogen-bond donors (Lipinski definition) is 1. The third-order valence-electron chi connectivity index (χ3n) is 5.95. The van der Waals surface area contributed by atoms with Crippen molar-refractivity contribution in [2.45, 2.75) is 37.8 Å². The largest absolute Gasteiger partial charge is 0.491 e. The lowest BCUT2D eigenvalue weighted by atomic mass is 10.1. The molecule has 7 nitrogen and oxygen atoms in total. The van der Waals surface area contributed by atoms with Crippen LogP contribution in [0.2, 0.25) is 0 Å². The number of rotatable bonds is 9. The number of hydrogen-bond acceptors (Lipinski definition) is 6. The van der Waals surface area contributed by atoms with Crippen molar-refractivity contribution in [3.63, 3.8) is 0 Å². The Hall–Kier alpha value is -3.52. The van der Waals surface area contributed by atoms with Gasteiger partial charge in [-0.05, 0) is 67.8 Å². The van der Waals surface area contributed by atoms with E-state index in [1.54, 1.807) is 24.3 Å². The molecular formula is C28H32N2O5S. The van der Waals surface area contributed by atoms with Crippen LogP contribution in [-0.4, -0.2) is 46.4 Å². The third kappa shape index (κ3) is 6.57. The summed E-state index contributed by atoms with van der Waals surface area (Å²) in [5, 5.41) is 2.88. The maximum atomic E-state index is 12.6. The van der Waals surface area contributed by atoms with Gasteiger partial charge in [0.2, 0.25) is 0 Å². The zero-order valence-corrected chi connectivity index (χ0v) is 21.7. The molecule has 1 aliphatic rings. The van der Waals surface area contributed by atoms with Gasteiger partial charge in [0.25, 0.3) is 5.91 Å².